The predicted molar refractivity (Wildman–Crippen MR) is 95.5 cm³/mol. The van der Waals surface area contributed by atoms with Gasteiger partial charge in [0, 0.05) is 43.3 Å². The number of phenols is 1. The molecule has 2 heterocycles. The SMILES string of the molecule is O=S(=O)(c1cccc(O)c1)n1ncc2ccc(N3CCNCC3)cc21. The highest BCUT2D eigenvalue weighted by Crippen LogP contribution is 2.26. The summed E-state index contributed by atoms with van der Waals surface area (Å²) in [7, 11) is -3.88. The molecule has 0 atom stereocenters. The van der Waals surface area contributed by atoms with E-state index in [-0.39, 0.29) is 10.6 Å². The molecule has 130 valence electrons. The quantitative estimate of drug-likeness (QED) is 0.736. The van der Waals surface area contributed by atoms with E-state index in [4.69, 9.17) is 0 Å². The smallest absolute Gasteiger partial charge is 0.283 e. The van der Waals surface area contributed by atoms with Crippen LogP contribution in [0, 0.1) is 0 Å². The largest absolute Gasteiger partial charge is 0.508 e. The van der Waals surface area contributed by atoms with Crippen LogP contribution >= 0.6 is 0 Å². The van der Waals surface area contributed by atoms with E-state index in [9.17, 15) is 13.5 Å². The summed E-state index contributed by atoms with van der Waals surface area (Å²) in [6, 6.07) is 11.3. The molecular formula is C17H18N4O3S. The first-order valence-electron chi connectivity index (χ1n) is 8.04. The molecule has 0 saturated carbocycles. The maximum absolute atomic E-state index is 12.9. The molecule has 1 aliphatic rings. The summed E-state index contributed by atoms with van der Waals surface area (Å²) in [5.41, 5.74) is 1.50. The summed E-state index contributed by atoms with van der Waals surface area (Å²) in [4.78, 5) is 2.22. The summed E-state index contributed by atoms with van der Waals surface area (Å²) >= 11 is 0. The Morgan fingerprint density at radius 2 is 1.88 bits per heavy atom. The fourth-order valence-corrected chi connectivity index (χ4v) is 4.35. The molecule has 3 aromatic rings. The van der Waals surface area contributed by atoms with E-state index in [1.807, 2.05) is 18.2 Å². The number of nitrogens with one attached hydrogen (secondary N) is 1. The Morgan fingerprint density at radius 3 is 2.64 bits per heavy atom. The number of aromatic nitrogens is 2. The lowest BCUT2D eigenvalue weighted by Crippen LogP contribution is -2.43. The first-order chi connectivity index (χ1) is 12.1. The fourth-order valence-electron chi connectivity index (χ4n) is 3.04. The van der Waals surface area contributed by atoms with Crippen molar-refractivity contribution < 1.29 is 13.5 Å². The standard InChI is InChI=1S/C17H18N4O3S/c22-15-2-1-3-16(11-15)25(23,24)21-17-10-14(5-4-13(17)12-19-21)20-8-6-18-7-9-20/h1-5,10-12,18,22H,6-9H2. The lowest BCUT2D eigenvalue weighted by atomic mass is 10.2. The molecule has 1 fully saturated rings. The van der Waals surface area contributed by atoms with Crippen LogP contribution in [0.5, 0.6) is 5.75 Å². The average molecular weight is 358 g/mol. The van der Waals surface area contributed by atoms with E-state index in [1.54, 1.807) is 0 Å². The van der Waals surface area contributed by atoms with Crippen molar-refractivity contribution in [3.63, 3.8) is 0 Å². The molecule has 2 N–H and O–H groups in total. The lowest BCUT2D eigenvalue weighted by molar-refractivity contribution is 0.473. The van der Waals surface area contributed by atoms with Crippen LogP contribution in [0.15, 0.2) is 53.6 Å². The number of fused-ring (bicyclic) bond motifs is 1. The van der Waals surface area contributed by atoms with Gasteiger partial charge in [-0.1, -0.05) is 6.07 Å². The van der Waals surface area contributed by atoms with Crippen LogP contribution in [0.1, 0.15) is 0 Å². The summed E-state index contributed by atoms with van der Waals surface area (Å²) in [5.74, 6) is -0.0981. The van der Waals surface area contributed by atoms with Crippen molar-refractivity contribution in [1.29, 1.82) is 0 Å². The zero-order valence-corrected chi connectivity index (χ0v) is 14.3. The van der Waals surface area contributed by atoms with Gasteiger partial charge in [-0.3, -0.25) is 0 Å². The van der Waals surface area contributed by atoms with Gasteiger partial charge in [0.1, 0.15) is 5.75 Å². The van der Waals surface area contributed by atoms with E-state index in [2.05, 4.69) is 15.3 Å². The third-order valence-corrected chi connectivity index (χ3v) is 5.94. The van der Waals surface area contributed by atoms with Gasteiger partial charge in [-0.2, -0.15) is 17.6 Å². The maximum Gasteiger partial charge on any atom is 0.283 e. The van der Waals surface area contributed by atoms with Crippen LogP contribution in [0.25, 0.3) is 10.9 Å². The van der Waals surface area contributed by atoms with Crippen LogP contribution in [0.4, 0.5) is 5.69 Å². The normalized spacial score (nSPS) is 15.6. The van der Waals surface area contributed by atoms with Crippen LogP contribution in [-0.2, 0) is 10.0 Å². The number of phenolic OH excluding ortho intramolecular Hbond substituents is 1. The Hall–Kier alpha value is -2.58. The Balaban J connectivity index is 1.82. The predicted octanol–water partition coefficient (Wildman–Crippen LogP) is 1.39. The van der Waals surface area contributed by atoms with Crippen molar-refractivity contribution in [3.05, 3.63) is 48.7 Å². The van der Waals surface area contributed by atoms with Gasteiger partial charge in [-0.25, -0.2) is 0 Å². The molecule has 0 unspecified atom stereocenters. The maximum atomic E-state index is 12.9. The van der Waals surface area contributed by atoms with Gasteiger partial charge in [0.05, 0.1) is 16.6 Å². The molecule has 2 aromatic carbocycles. The number of piperazine rings is 1. The van der Waals surface area contributed by atoms with E-state index < -0.39 is 10.0 Å². The van der Waals surface area contributed by atoms with E-state index in [1.165, 1.54) is 30.5 Å². The molecule has 1 aliphatic heterocycles. The third-order valence-electron chi connectivity index (χ3n) is 4.35. The molecule has 0 amide bonds. The zero-order valence-electron chi connectivity index (χ0n) is 13.5. The van der Waals surface area contributed by atoms with Crippen LogP contribution < -0.4 is 10.2 Å². The number of rotatable bonds is 3. The van der Waals surface area contributed by atoms with Crippen LogP contribution in [0.2, 0.25) is 0 Å². The van der Waals surface area contributed by atoms with Gasteiger partial charge in [0.15, 0.2) is 0 Å². The van der Waals surface area contributed by atoms with Gasteiger partial charge in [-0.15, -0.1) is 0 Å². The minimum atomic E-state index is -3.88. The number of nitrogens with zero attached hydrogens (tertiary/aromatic N) is 3. The Kier molecular flexibility index (Phi) is 3.85. The summed E-state index contributed by atoms with van der Waals surface area (Å²) in [6.45, 7) is 3.55. The van der Waals surface area contributed by atoms with Crippen molar-refractivity contribution in [2.75, 3.05) is 31.1 Å². The lowest BCUT2D eigenvalue weighted by Gasteiger charge is -2.29. The van der Waals surface area contributed by atoms with Gasteiger partial charge in [0.2, 0.25) is 0 Å². The molecule has 4 rings (SSSR count). The second kappa shape index (κ2) is 6.05. The highest BCUT2D eigenvalue weighted by atomic mass is 32.2. The molecule has 7 nitrogen and oxygen atoms in total. The van der Waals surface area contributed by atoms with E-state index in [0.29, 0.717) is 5.52 Å². The number of hydrogen-bond acceptors (Lipinski definition) is 6. The van der Waals surface area contributed by atoms with Crippen molar-refractivity contribution in [2.45, 2.75) is 4.90 Å². The Bertz CT molecular complexity index is 1020. The minimum Gasteiger partial charge on any atom is -0.508 e. The second-order valence-electron chi connectivity index (χ2n) is 5.97. The molecule has 8 heteroatoms. The van der Waals surface area contributed by atoms with Gasteiger partial charge in [0.25, 0.3) is 10.0 Å². The van der Waals surface area contributed by atoms with Gasteiger partial charge < -0.3 is 15.3 Å². The monoisotopic (exact) mass is 358 g/mol. The molecule has 0 radical (unpaired) electrons. The van der Waals surface area contributed by atoms with Gasteiger partial charge >= 0.3 is 0 Å². The molecule has 0 bridgehead atoms. The van der Waals surface area contributed by atoms with Crippen molar-refractivity contribution >= 4 is 26.6 Å². The van der Waals surface area contributed by atoms with Crippen LogP contribution in [-0.4, -0.2) is 48.9 Å². The first kappa shape index (κ1) is 15.9. The summed E-state index contributed by atoms with van der Waals surface area (Å²) in [5, 5.41) is 17.7. The topological polar surface area (TPSA) is 87.5 Å². The van der Waals surface area contributed by atoms with Crippen molar-refractivity contribution in [3.8, 4) is 5.75 Å². The summed E-state index contributed by atoms with van der Waals surface area (Å²) < 4.78 is 26.9. The molecule has 25 heavy (non-hydrogen) atoms. The number of hydrogen-bond donors (Lipinski definition) is 2. The van der Waals surface area contributed by atoms with Gasteiger partial charge in [-0.05, 0) is 30.3 Å². The molecule has 0 aliphatic carbocycles. The Morgan fingerprint density at radius 1 is 1.08 bits per heavy atom. The zero-order chi connectivity index (χ0) is 17.4. The van der Waals surface area contributed by atoms with Crippen molar-refractivity contribution in [1.82, 2.24) is 14.5 Å². The minimum absolute atomic E-state index is 0.00470. The Labute approximate surface area is 145 Å². The average Bonchev–Trinajstić information content (AvgIpc) is 3.06. The first-order valence-corrected chi connectivity index (χ1v) is 9.48. The number of anilines is 1. The fraction of sp³-hybridized carbons (Fsp3) is 0.235. The summed E-state index contributed by atoms with van der Waals surface area (Å²) in [6.07, 6.45) is 1.54. The third kappa shape index (κ3) is 2.83. The van der Waals surface area contributed by atoms with E-state index >= 15 is 0 Å². The number of benzene rings is 2. The molecule has 0 spiro atoms. The highest BCUT2D eigenvalue weighted by Gasteiger charge is 2.21. The highest BCUT2D eigenvalue weighted by molar-refractivity contribution is 7.90. The molecule has 1 aromatic heterocycles. The second-order valence-corrected chi connectivity index (χ2v) is 7.74. The van der Waals surface area contributed by atoms with Crippen molar-refractivity contribution in [2.24, 2.45) is 0 Å². The van der Waals surface area contributed by atoms with E-state index in [0.717, 1.165) is 41.3 Å². The van der Waals surface area contributed by atoms with Crippen LogP contribution in [0.3, 0.4) is 0 Å². The number of aromatic hydroxyl groups is 1. The molecule has 1 saturated heterocycles. The molecular weight excluding hydrogens is 340 g/mol.